The van der Waals surface area contributed by atoms with Crippen LogP contribution in [0.25, 0.3) is 0 Å². The van der Waals surface area contributed by atoms with Crippen LogP contribution >= 0.6 is 35.3 Å². The van der Waals surface area contributed by atoms with Crippen molar-refractivity contribution in [3.63, 3.8) is 0 Å². The average Bonchev–Trinajstić information content (AvgIpc) is 3.48. The van der Waals surface area contributed by atoms with Gasteiger partial charge in [-0.3, -0.25) is 9.89 Å². The Kier molecular flexibility index (Phi) is 13.3. The number of aliphatic imine (C=N–C) groups is 1. The van der Waals surface area contributed by atoms with Crippen molar-refractivity contribution in [3.8, 4) is 0 Å². The van der Waals surface area contributed by atoms with Gasteiger partial charge in [0.15, 0.2) is 5.96 Å². The number of rotatable bonds is 12. The Morgan fingerprint density at radius 1 is 1.31 bits per heavy atom. The summed E-state index contributed by atoms with van der Waals surface area (Å²) in [6.07, 6.45) is 3.73. The van der Waals surface area contributed by atoms with E-state index in [4.69, 9.17) is 18.9 Å². The molecule has 7 nitrogen and oxygen atoms in total. The Hall–Kier alpha value is -1.14. The van der Waals surface area contributed by atoms with Gasteiger partial charge in [0.1, 0.15) is 5.76 Å². The van der Waals surface area contributed by atoms with Crippen LogP contribution in [-0.2, 0) is 15.9 Å². The molecule has 0 bridgehead atoms. The average molecular weight is 577 g/mol. The van der Waals surface area contributed by atoms with Gasteiger partial charge in [0.25, 0.3) is 0 Å². The number of halogens is 1. The lowest BCUT2D eigenvalue weighted by molar-refractivity contribution is -0.0327. The van der Waals surface area contributed by atoms with Gasteiger partial charge in [-0.15, -0.1) is 35.3 Å². The Morgan fingerprint density at radius 2 is 2.19 bits per heavy atom. The van der Waals surface area contributed by atoms with E-state index in [2.05, 4.69) is 40.0 Å². The molecule has 0 saturated carbocycles. The fraction of sp³-hybridized carbons (Fsp3) is 0.609. The van der Waals surface area contributed by atoms with Gasteiger partial charge in [0.2, 0.25) is 0 Å². The molecule has 1 fully saturated rings. The topological polar surface area (TPSA) is 71.3 Å². The highest BCUT2D eigenvalue weighted by Crippen LogP contribution is 2.27. The number of hydrogen-bond acceptors (Lipinski definition) is 6. The monoisotopic (exact) mass is 576 g/mol. The molecule has 0 aromatic carbocycles. The van der Waals surface area contributed by atoms with Gasteiger partial charge in [-0.1, -0.05) is 6.07 Å². The molecule has 2 N–H and O–H groups in total. The summed E-state index contributed by atoms with van der Waals surface area (Å²) in [6, 6.07) is 8.52. The second-order valence-corrected chi connectivity index (χ2v) is 8.61. The zero-order chi connectivity index (χ0) is 21.7. The van der Waals surface area contributed by atoms with Crippen molar-refractivity contribution in [2.75, 3.05) is 52.5 Å². The Balaban J connectivity index is 0.00000363. The molecule has 1 aliphatic heterocycles. The van der Waals surface area contributed by atoms with Crippen molar-refractivity contribution in [2.24, 2.45) is 4.99 Å². The molecule has 2 aromatic heterocycles. The summed E-state index contributed by atoms with van der Waals surface area (Å²) in [5.41, 5.74) is 0. The van der Waals surface area contributed by atoms with Gasteiger partial charge in [0.05, 0.1) is 31.6 Å². The first-order valence-electron chi connectivity index (χ1n) is 11.3. The van der Waals surface area contributed by atoms with E-state index < -0.39 is 0 Å². The second kappa shape index (κ2) is 15.7. The van der Waals surface area contributed by atoms with Gasteiger partial charge in [-0.25, -0.2) is 0 Å². The fourth-order valence-electron chi connectivity index (χ4n) is 3.63. The molecule has 2 unspecified atom stereocenters. The van der Waals surface area contributed by atoms with Crippen LogP contribution in [0.2, 0.25) is 0 Å². The van der Waals surface area contributed by atoms with Crippen LogP contribution in [-0.4, -0.2) is 69.5 Å². The Morgan fingerprint density at radius 3 is 2.91 bits per heavy atom. The molecule has 0 aliphatic carbocycles. The number of morpholine rings is 1. The van der Waals surface area contributed by atoms with Crippen LogP contribution in [0.3, 0.4) is 0 Å². The van der Waals surface area contributed by atoms with Crippen molar-refractivity contribution < 1.29 is 13.9 Å². The van der Waals surface area contributed by atoms with Crippen molar-refractivity contribution in [3.05, 3.63) is 46.5 Å². The molecule has 1 aliphatic rings. The number of furan rings is 1. The van der Waals surface area contributed by atoms with Gasteiger partial charge in [0, 0.05) is 50.7 Å². The predicted octanol–water partition coefficient (Wildman–Crippen LogP) is 3.93. The number of hydrogen-bond donors (Lipinski definition) is 2. The molecular weight excluding hydrogens is 539 g/mol. The van der Waals surface area contributed by atoms with E-state index in [9.17, 15) is 0 Å². The maximum Gasteiger partial charge on any atom is 0.191 e. The summed E-state index contributed by atoms with van der Waals surface area (Å²) < 4.78 is 16.7. The summed E-state index contributed by atoms with van der Waals surface area (Å²) >= 11 is 1.80. The zero-order valence-electron chi connectivity index (χ0n) is 19.1. The lowest BCUT2D eigenvalue weighted by atomic mass is 10.1. The summed E-state index contributed by atoms with van der Waals surface area (Å²) in [7, 11) is 0. The zero-order valence-corrected chi connectivity index (χ0v) is 22.3. The minimum atomic E-state index is 0. The third kappa shape index (κ3) is 9.38. The summed E-state index contributed by atoms with van der Waals surface area (Å²) in [5.74, 6) is 1.81. The summed E-state index contributed by atoms with van der Waals surface area (Å²) in [4.78, 5) is 8.81. The van der Waals surface area contributed by atoms with Crippen LogP contribution in [0.5, 0.6) is 0 Å². The van der Waals surface area contributed by atoms with Crippen molar-refractivity contribution >= 4 is 41.3 Å². The number of guanidine groups is 1. The lowest BCUT2D eigenvalue weighted by Crippen LogP contribution is -2.44. The SMILES string of the molecule is CCOCCCNC(=NCC(c1cccs1)N1CCOC(C)C1)NCCc1ccco1.I. The van der Waals surface area contributed by atoms with E-state index in [1.807, 2.05) is 19.1 Å². The largest absolute Gasteiger partial charge is 0.469 e. The molecule has 0 radical (unpaired) electrons. The van der Waals surface area contributed by atoms with E-state index in [1.54, 1.807) is 17.6 Å². The molecule has 180 valence electrons. The minimum absolute atomic E-state index is 0. The maximum absolute atomic E-state index is 5.76. The number of nitrogens with zero attached hydrogens (tertiary/aromatic N) is 2. The number of thiophene rings is 1. The quantitative estimate of drug-likeness (QED) is 0.173. The van der Waals surface area contributed by atoms with Crippen LogP contribution in [0.1, 0.15) is 36.9 Å². The second-order valence-electron chi connectivity index (χ2n) is 7.63. The van der Waals surface area contributed by atoms with Crippen LogP contribution in [0.4, 0.5) is 0 Å². The van der Waals surface area contributed by atoms with E-state index in [-0.39, 0.29) is 36.1 Å². The molecule has 3 rings (SSSR count). The Bertz CT molecular complexity index is 743. The fourth-order valence-corrected chi connectivity index (χ4v) is 4.48. The van der Waals surface area contributed by atoms with Gasteiger partial charge < -0.3 is 24.5 Å². The van der Waals surface area contributed by atoms with Crippen molar-refractivity contribution in [2.45, 2.75) is 38.8 Å². The molecule has 3 heterocycles. The summed E-state index contributed by atoms with van der Waals surface area (Å²) in [5, 5.41) is 9.06. The van der Waals surface area contributed by atoms with Gasteiger partial charge in [-0.05, 0) is 43.8 Å². The van der Waals surface area contributed by atoms with E-state index in [1.165, 1.54) is 4.88 Å². The third-order valence-corrected chi connectivity index (χ3v) is 6.19. The van der Waals surface area contributed by atoms with Gasteiger partial charge in [-0.2, -0.15) is 0 Å². The third-order valence-electron chi connectivity index (χ3n) is 5.21. The van der Waals surface area contributed by atoms with Crippen LogP contribution < -0.4 is 10.6 Å². The standard InChI is InChI=1S/C23H36N4O3S.HI/c1-3-28-13-6-10-24-23(25-11-9-20-7-4-14-30-20)26-17-21(22-8-5-16-31-22)27-12-15-29-19(2)18-27;/h4-5,7-8,14,16,19,21H,3,6,9-13,15,17-18H2,1-2H3,(H2,24,25,26);1H. The molecule has 32 heavy (non-hydrogen) atoms. The molecule has 0 amide bonds. The molecule has 2 aromatic rings. The van der Waals surface area contributed by atoms with Crippen molar-refractivity contribution in [1.29, 1.82) is 0 Å². The number of ether oxygens (including phenoxy) is 2. The van der Waals surface area contributed by atoms with Crippen molar-refractivity contribution in [1.82, 2.24) is 15.5 Å². The Labute approximate surface area is 213 Å². The van der Waals surface area contributed by atoms with E-state index in [0.29, 0.717) is 6.54 Å². The highest BCUT2D eigenvalue weighted by molar-refractivity contribution is 14.0. The minimum Gasteiger partial charge on any atom is -0.469 e. The number of nitrogens with one attached hydrogen (secondary N) is 2. The first-order valence-corrected chi connectivity index (χ1v) is 12.2. The van der Waals surface area contributed by atoms with Crippen LogP contribution in [0.15, 0.2) is 45.3 Å². The van der Waals surface area contributed by atoms with E-state index in [0.717, 1.165) is 70.6 Å². The normalized spacial score (nSPS) is 18.2. The lowest BCUT2D eigenvalue weighted by Gasteiger charge is -2.36. The van der Waals surface area contributed by atoms with E-state index >= 15 is 0 Å². The highest BCUT2D eigenvalue weighted by atomic mass is 127. The molecule has 9 heteroatoms. The first kappa shape index (κ1) is 27.1. The van der Waals surface area contributed by atoms with Crippen LogP contribution in [0, 0.1) is 0 Å². The maximum atomic E-state index is 5.76. The summed E-state index contributed by atoms with van der Waals surface area (Å²) in [6.45, 7) is 10.6. The first-order chi connectivity index (χ1) is 15.3. The smallest absolute Gasteiger partial charge is 0.191 e. The molecular formula is C23H37IN4O3S. The molecule has 2 atom stereocenters. The molecule has 0 spiro atoms. The highest BCUT2D eigenvalue weighted by Gasteiger charge is 2.26. The predicted molar refractivity (Wildman–Crippen MR) is 141 cm³/mol. The van der Waals surface area contributed by atoms with Gasteiger partial charge >= 0.3 is 0 Å². The molecule has 1 saturated heterocycles.